The van der Waals surface area contributed by atoms with Gasteiger partial charge in [0.2, 0.25) is 17.1 Å². The molecular weight excluding hydrogens is 532 g/mol. The number of nitrogens with zero attached hydrogens (tertiary/aromatic N) is 8. The van der Waals surface area contributed by atoms with Gasteiger partial charge in [0.1, 0.15) is 0 Å². The van der Waals surface area contributed by atoms with Crippen LogP contribution in [0.5, 0.6) is 0 Å². The maximum absolute atomic E-state index is 11.0. The molecule has 0 saturated carbocycles. The van der Waals surface area contributed by atoms with E-state index in [1.165, 1.54) is 36.7 Å². The third-order valence-electron chi connectivity index (χ3n) is 6.84. The Morgan fingerprint density at radius 1 is 0.872 bits per heavy atom. The molecule has 2 saturated heterocycles. The lowest BCUT2D eigenvalue weighted by Gasteiger charge is -2.30. The number of anilines is 2. The summed E-state index contributed by atoms with van der Waals surface area (Å²) in [5.74, 6) is 1.54. The highest BCUT2D eigenvalue weighted by Crippen LogP contribution is 2.36. The Morgan fingerprint density at radius 3 is 2.23 bits per heavy atom. The second-order valence-corrected chi connectivity index (χ2v) is 11.9. The summed E-state index contributed by atoms with van der Waals surface area (Å²) >= 11 is 3.06. The topological polar surface area (TPSA) is 114 Å². The van der Waals surface area contributed by atoms with Crippen LogP contribution in [0.3, 0.4) is 0 Å². The van der Waals surface area contributed by atoms with E-state index in [9.17, 15) is 10.1 Å². The predicted octanol–water partition coefficient (Wildman–Crippen LogP) is 6.27. The lowest BCUT2D eigenvalue weighted by Crippen LogP contribution is -2.34. The number of hydrogen-bond acceptors (Lipinski definition) is 11. The van der Waals surface area contributed by atoms with Crippen LogP contribution in [0.1, 0.15) is 44.1 Å². The first-order valence-electron chi connectivity index (χ1n) is 13.2. The third kappa shape index (κ3) is 6.17. The fourth-order valence-corrected chi connectivity index (χ4v) is 6.76. The van der Waals surface area contributed by atoms with E-state index >= 15 is 0 Å². The molecule has 2 aliphatic rings. The molecule has 0 N–H and O–H groups in total. The molecule has 0 unspecified atom stereocenters. The quantitative estimate of drug-likeness (QED) is 0.146. The number of piperidine rings is 2. The van der Waals surface area contributed by atoms with Crippen LogP contribution < -0.4 is 9.80 Å². The number of nitro benzene ring substituents is 1. The van der Waals surface area contributed by atoms with Crippen molar-refractivity contribution >= 4 is 62.8 Å². The van der Waals surface area contributed by atoms with Crippen molar-refractivity contribution in [2.45, 2.75) is 48.0 Å². The van der Waals surface area contributed by atoms with E-state index in [4.69, 9.17) is 19.9 Å². The van der Waals surface area contributed by atoms with E-state index in [-0.39, 0.29) is 5.69 Å². The number of aliphatic imine (C=N–C) groups is 1. The molecule has 0 spiro atoms. The molecule has 2 fully saturated rings. The third-order valence-corrected chi connectivity index (χ3v) is 8.79. The van der Waals surface area contributed by atoms with Gasteiger partial charge in [-0.2, -0.15) is 15.0 Å². The molecule has 2 aromatic heterocycles. The lowest BCUT2D eigenvalue weighted by molar-refractivity contribution is -0.384. The summed E-state index contributed by atoms with van der Waals surface area (Å²) in [6.07, 6.45) is 8.80. The van der Waals surface area contributed by atoms with Gasteiger partial charge in [-0.1, -0.05) is 12.1 Å². The summed E-state index contributed by atoms with van der Waals surface area (Å²) in [4.78, 5) is 39.1. The normalized spacial score (nSPS) is 16.3. The summed E-state index contributed by atoms with van der Waals surface area (Å²) < 4.78 is 1.87. The van der Waals surface area contributed by atoms with Crippen LogP contribution in [0.4, 0.5) is 23.3 Å². The summed E-state index contributed by atoms with van der Waals surface area (Å²) in [5.41, 5.74) is 2.37. The Morgan fingerprint density at radius 2 is 1.56 bits per heavy atom. The van der Waals surface area contributed by atoms with Gasteiger partial charge in [-0.25, -0.2) is 4.98 Å². The van der Waals surface area contributed by atoms with E-state index in [2.05, 4.69) is 14.8 Å². The second kappa shape index (κ2) is 11.6. The molecule has 4 heterocycles. The predicted molar refractivity (Wildman–Crippen MR) is 156 cm³/mol. The van der Waals surface area contributed by atoms with E-state index < -0.39 is 4.92 Å². The molecule has 39 heavy (non-hydrogen) atoms. The Balaban J connectivity index is 1.24. The maximum atomic E-state index is 11.0. The Bertz CT molecular complexity index is 1480. The molecule has 0 aliphatic carbocycles. The van der Waals surface area contributed by atoms with Gasteiger partial charge in [-0.05, 0) is 74.0 Å². The zero-order valence-electron chi connectivity index (χ0n) is 21.4. The van der Waals surface area contributed by atoms with Gasteiger partial charge in [0, 0.05) is 44.5 Å². The van der Waals surface area contributed by atoms with Crippen molar-refractivity contribution in [3.8, 4) is 0 Å². The SMILES string of the molecule is O=[N+]([O-])c1cccc(C=Nc2ccc3nc(Sc4nc(N5CCCCC5)nc(N5CCCCC5)n4)sc3c2)c1. The largest absolute Gasteiger partial charge is 0.341 e. The highest BCUT2D eigenvalue weighted by atomic mass is 32.2. The van der Waals surface area contributed by atoms with Crippen LogP contribution in [0.15, 0.2) is 57.0 Å². The van der Waals surface area contributed by atoms with Crippen molar-refractivity contribution < 1.29 is 4.92 Å². The summed E-state index contributed by atoms with van der Waals surface area (Å²) in [5, 5.41) is 11.7. The number of nitro groups is 1. The minimum Gasteiger partial charge on any atom is -0.341 e. The molecule has 0 radical (unpaired) electrons. The number of rotatable bonds is 7. The standard InChI is InChI=1S/C27H28N8O2S2/c36-35(37)21-9-7-8-19(16-21)18-28-20-10-11-22-23(17-20)38-27(29-22)39-26-31-24(33-12-3-1-4-13-33)30-25(32-26)34-14-5-2-6-15-34/h7-11,16-18H,1-6,12-15H2. The average molecular weight is 561 g/mol. The molecule has 0 bridgehead atoms. The zero-order chi connectivity index (χ0) is 26.6. The lowest BCUT2D eigenvalue weighted by atomic mass is 10.1. The number of aromatic nitrogens is 4. The summed E-state index contributed by atoms with van der Waals surface area (Å²) in [7, 11) is 0. The fraction of sp³-hybridized carbons (Fsp3) is 0.370. The van der Waals surface area contributed by atoms with Crippen molar-refractivity contribution in [3.05, 3.63) is 58.1 Å². The smallest absolute Gasteiger partial charge is 0.270 e. The molecule has 4 aromatic rings. The molecule has 2 aliphatic heterocycles. The molecular formula is C27H28N8O2S2. The Kier molecular flexibility index (Phi) is 7.64. The van der Waals surface area contributed by atoms with Gasteiger partial charge >= 0.3 is 0 Å². The number of non-ortho nitro benzene ring substituents is 1. The van der Waals surface area contributed by atoms with Crippen LogP contribution in [0.25, 0.3) is 10.2 Å². The van der Waals surface area contributed by atoms with E-state index in [0.717, 1.165) is 84.0 Å². The molecule has 0 amide bonds. The van der Waals surface area contributed by atoms with E-state index in [0.29, 0.717) is 10.7 Å². The number of thiazole rings is 1. The van der Waals surface area contributed by atoms with E-state index in [1.807, 2.05) is 18.2 Å². The van der Waals surface area contributed by atoms with Crippen molar-refractivity contribution in [1.82, 2.24) is 19.9 Å². The molecule has 2 aromatic carbocycles. The van der Waals surface area contributed by atoms with Gasteiger partial charge in [-0.15, -0.1) is 11.3 Å². The van der Waals surface area contributed by atoms with Gasteiger partial charge < -0.3 is 9.80 Å². The molecule has 6 rings (SSSR count). The van der Waals surface area contributed by atoms with Gasteiger partial charge in [-0.3, -0.25) is 15.1 Å². The van der Waals surface area contributed by atoms with E-state index in [1.54, 1.807) is 29.7 Å². The average Bonchev–Trinajstić information content (AvgIpc) is 3.38. The first kappa shape index (κ1) is 25.6. The van der Waals surface area contributed by atoms with Gasteiger partial charge in [0.15, 0.2) is 4.34 Å². The summed E-state index contributed by atoms with van der Waals surface area (Å²) in [6, 6.07) is 12.3. The maximum Gasteiger partial charge on any atom is 0.270 e. The van der Waals surface area contributed by atoms with Crippen molar-refractivity contribution in [1.29, 1.82) is 0 Å². The molecule has 0 atom stereocenters. The zero-order valence-corrected chi connectivity index (χ0v) is 23.0. The minimum atomic E-state index is -0.405. The number of fused-ring (bicyclic) bond motifs is 1. The minimum absolute atomic E-state index is 0.0451. The van der Waals surface area contributed by atoms with Crippen LogP contribution in [-0.2, 0) is 0 Å². The Hall–Kier alpha value is -3.64. The molecule has 200 valence electrons. The van der Waals surface area contributed by atoms with Crippen LogP contribution in [-0.4, -0.2) is 57.3 Å². The van der Waals surface area contributed by atoms with Crippen molar-refractivity contribution in [2.24, 2.45) is 4.99 Å². The number of benzene rings is 2. The summed E-state index contributed by atoms with van der Waals surface area (Å²) in [6.45, 7) is 3.92. The first-order chi connectivity index (χ1) is 19.1. The fourth-order valence-electron chi connectivity index (χ4n) is 4.81. The number of hydrogen-bond donors (Lipinski definition) is 0. The monoisotopic (exact) mass is 560 g/mol. The Labute approximate surface area is 234 Å². The van der Waals surface area contributed by atoms with Crippen LogP contribution >= 0.6 is 23.1 Å². The van der Waals surface area contributed by atoms with Crippen molar-refractivity contribution in [3.63, 3.8) is 0 Å². The van der Waals surface area contributed by atoms with Crippen LogP contribution in [0.2, 0.25) is 0 Å². The molecule has 10 nitrogen and oxygen atoms in total. The highest BCUT2D eigenvalue weighted by molar-refractivity contribution is 8.01. The van der Waals surface area contributed by atoms with Crippen molar-refractivity contribution in [2.75, 3.05) is 36.0 Å². The van der Waals surface area contributed by atoms with Gasteiger partial charge in [0.25, 0.3) is 5.69 Å². The first-order valence-corrected chi connectivity index (χ1v) is 14.9. The molecule has 12 heteroatoms. The second-order valence-electron chi connectivity index (χ2n) is 9.66. The van der Waals surface area contributed by atoms with Gasteiger partial charge in [0.05, 0.1) is 20.8 Å². The highest BCUT2D eigenvalue weighted by Gasteiger charge is 2.21. The van der Waals surface area contributed by atoms with Crippen LogP contribution in [0, 0.1) is 10.1 Å².